The first-order valence-corrected chi connectivity index (χ1v) is 11.6. The Kier molecular flexibility index (Phi) is 8.58. The van der Waals surface area contributed by atoms with E-state index in [1.54, 1.807) is 24.4 Å². The number of aromatic nitrogens is 2. The highest BCUT2D eigenvalue weighted by Gasteiger charge is 2.08. The lowest BCUT2D eigenvalue weighted by atomic mass is 10.1. The first-order chi connectivity index (χ1) is 16.7. The molecule has 7 N–H and O–H groups in total. The number of anilines is 5. The number of thioether (sulfide) groups is 1. The molecule has 0 fully saturated rings. The van der Waals surface area contributed by atoms with E-state index in [2.05, 4.69) is 25.6 Å². The SMILES string of the molecule is CC(C)=C(C)SC(N)=NC(=O)Cc1ccc(Nc2nccc(Nc3cccc(N)c3C=N)n2)cc1. The number of amidine groups is 1. The molecule has 10 heteroatoms. The molecule has 1 heterocycles. The van der Waals surface area contributed by atoms with Crippen molar-refractivity contribution in [2.45, 2.75) is 27.2 Å². The van der Waals surface area contributed by atoms with Gasteiger partial charge in [-0.3, -0.25) is 4.79 Å². The Morgan fingerprint density at radius 1 is 1.11 bits per heavy atom. The summed E-state index contributed by atoms with van der Waals surface area (Å²) in [6.45, 7) is 5.91. The van der Waals surface area contributed by atoms with Gasteiger partial charge in [0.2, 0.25) is 5.95 Å². The molecule has 1 aromatic heterocycles. The second-order valence-electron chi connectivity index (χ2n) is 7.84. The highest BCUT2D eigenvalue weighted by molar-refractivity contribution is 8.17. The van der Waals surface area contributed by atoms with Gasteiger partial charge in [-0.05, 0) is 61.6 Å². The molecule has 0 radical (unpaired) electrons. The third kappa shape index (κ3) is 7.41. The summed E-state index contributed by atoms with van der Waals surface area (Å²) in [4.78, 5) is 26.0. The van der Waals surface area contributed by atoms with E-state index in [-0.39, 0.29) is 17.5 Å². The van der Waals surface area contributed by atoms with Gasteiger partial charge in [0.15, 0.2) is 5.17 Å². The molecule has 0 aliphatic carbocycles. The van der Waals surface area contributed by atoms with E-state index in [4.69, 9.17) is 16.9 Å². The number of hydrogen-bond donors (Lipinski definition) is 5. The molecular weight excluding hydrogens is 460 g/mol. The zero-order valence-electron chi connectivity index (χ0n) is 19.8. The molecule has 2 aromatic carbocycles. The van der Waals surface area contributed by atoms with Gasteiger partial charge < -0.3 is 27.5 Å². The first kappa shape index (κ1) is 25.4. The van der Waals surface area contributed by atoms with Gasteiger partial charge >= 0.3 is 0 Å². The van der Waals surface area contributed by atoms with E-state index < -0.39 is 0 Å². The maximum atomic E-state index is 12.2. The number of nitrogen functional groups attached to an aromatic ring is 1. The summed E-state index contributed by atoms with van der Waals surface area (Å²) in [7, 11) is 0. The predicted octanol–water partition coefficient (Wildman–Crippen LogP) is 4.97. The van der Waals surface area contributed by atoms with Crippen molar-refractivity contribution in [3.63, 3.8) is 0 Å². The molecule has 9 nitrogen and oxygen atoms in total. The number of allylic oxidation sites excluding steroid dienone is 2. The number of benzene rings is 2. The Labute approximate surface area is 208 Å². The molecule has 0 atom stereocenters. The van der Waals surface area contributed by atoms with Crippen molar-refractivity contribution in [2.24, 2.45) is 10.7 Å². The minimum Gasteiger partial charge on any atom is -0.398 e. The molecule has 0 aliphatic rings. The van der Waals surface area contributed by atoms with Crippen LogP contribution >= 0.6 is 11.8 Å². The van der Waals surface area contributed by atoms with Crippen molar-refractivity contribution in [3.05, 3.63) is 76.3 Å². The van der Waals surface area contributed by atoms with E-state index in [1.165, 1.54) is 18.0 Å². The Morgan fingerprint density at radius 3 is 2.54 bits per heavy atom. The minimum absolute atomic E-state index is 0.154. The van der Waals surface area contributed by atoms with Gasteiger partial charge in [-0.15, -0.1) is 0 Å². The van der Waals surface area contributed by atoms with E-state index in [0.29, 0.717) is 28.7 Å². The van der Waals surface area contributed by atoms with Crippen molar-refractivity contribution >= 4 is 57.9 Å². The van der Waals surface area contributed by atoms with Crippen LogP contribution in [0.1, 0.15) is 31.9 Å². The molecule has 0 aliphatic heterocycles. The van der Waals surface area contributed by atoms with Crippen LogP contribution in [0.15, 0.2) is 70.2 Å². The molecule has 180 valence electrons. The normalized spacial score (nSPS) is 11.0. The first-order valence-electron chi connectivity index (χ1n) is 10.8. The zero-order valence-corrected chi connectivity index (χ0v) is 20.6. The van der Waals surface area contributed by atoms with Gasteiger partial charge in [0.25, 0.3) is 5.91 Å². The number of amides is 1. The van der Waals surface area contributed by atoms with Gasteiger partial charge in [-0.25, -0.2) is 4.98 Å². The van der Waals surface area contributed by atoms with Crippen LogP contribution in [-0.2, 0) is 11.2 Å². The average molecular weight is 489 g/mol. The van der Waals surface area contributed by atoms with Crippen LogP contribution in [0, 0.1) is 5.41 Å². The van der Waals surface area contributed by atoms with Crippen LogP contribution in [-0.4, -0.2) is 27.3 Å². The van der Waals surface area contributed by atoms with Gasteiger partial charge in [0.1, 0.15) is 5.82 Å². The number of nitrogens with two attached hydrogens (primary N) is 2. The van der Waals surface area contributed by atoms with Crippen LogP contribution < -0.4 is 22.1 Å². The molecule has 0 saturated heterocycles. The van der Waals surface area contributed by atoms with Crippen molar-refractivity contribution < 1.29 is 4.79 Å². The minimum atomic E-state index is -0.301. The fourth-order valence-electron chi connectivity index (χ4n) is 2.93. The van der Waals surface area contributed by atoms with E-state index in [9.17, 15) is 4.79 Å². The fourth-order valence-corrected chi connectivity index (χ4v) is 3.60. The summed E-state index contributed by atoms with van der Waals surface area (Å²) < 4.78 is 0. The molecular formula is C25H28N8OS. The molecule has 3 aromatic rings. The average Bonchev–Trinajstić information content (AvgIpc) is 2.80. The molecule has 3 rings (SSSR count). The number of aliphatic imine (C=N–C) groups is 1. The lowest BCUT2D eigenvalue weighted by molar-refractivity contribution is -0.117. The standard InChI is InChI=1S/C25H28N8OS/c1-15(2)16(3)35-24(28)33-23(34)13-17-7-9-18(10-8-17)30-25-29-12-11-22(32-25)31-21-6-4-5-20(27)19(21)14-26/h4-12,14,26H,13,27H2,1-3H3,(H2,28,33,34)(H2,29,30,31,32). The second-order valence-corrected chi connectivity index (χ2v) is 9.08. The molecule has 0 bridgehead atoms. The quantitative estimate of drug-likeness (QED) is 0.169. The largest absolute Gasteiger partial charge is 0.398 e. The third-order valence-electron chi connectivity index (χ3n) is 4.96. The number of carbonyl (C=O) groups excluding carboxylic acids is 1. The van der Waals surface area contributed by atoms with Crippen molar-refractivity contribution in [1.29, 1.82) is 5.41 Å². The van der Waals surface area contributed by atoms with Gasteiger partial charge in [0, 0.05) is 29.3 Å². The number of rotatable bonds is 8. The molecule has 1 amide bonds. The summed E-state index contributed by atoms with van der Waals surface area (Å²) in [5.74, 6) is 0.642. The topological polar surface area (TPSA) is 155 Å². The van der Waals surface area contributed by atoms with Crippen LogP contribution in [0.2, 0.25) is 0 Å². The van der Waals surface area contributed by atoms with Crippen LogP contribution in [0.3, 0.4) is 0 Å². The molecule has 0 spiro atoms. The van der Waals surface area contributed by atoms with Gasteiger partial charge in [-0.1, -0.05) is 35.5 Å². The number of carbonyl (C=O) groups is 1. The molecule has 0 unspecified atom stereocenters. The summed E-state index contributed by atoms with van der Waals surface area (Å²) in [6, 6.07) is 14.4. The highest BCUT2D eigenvalue weighted by Crippen LogP contribution is 2.24. The molecule has 35 heavy (non-hydrogen) atoms. The molecule has 0 saturated carbocycles. The number of hydrogen-bond acceptors (Lipinski definition) is 8. The van der Waals surface area contributed by atoms with Crippen LogP contribution in [0.5, 0.6) is 0 Å². The second kappa shape index (κ2) is 11.8. The van der Waals surface area contributed by atoms with Gasteiger partial charge in [0.05, 0.1) is 12.1 Å². The van der Waals surface area contributed by atoms with Gasteiger partial charge in [-0.2, -0.15) is 9.98 Å². The fraction of sp³-hybridized carbons (Fsp3) is 0.160. The Bertz CT molecular complexity index is 1280. The lowest BCUT2D eigenvalue weighted by Crippen LogP contribution is -2.11. The lowest BCUT2D eigenvalue weighted by Gasteiger charge is -2.11. The monoisotopic (exact) mass is 488 g/mol. The Hall–Kier alpha value is -4.18. The third-order valence-corrected chi connectivity index (χ3v) is 5.98. The van der Waals surface area contributed by atoms with E-state index >= 15 is 0 Å². The summed E-state index contributed by atoms with van der Waals surface area (Å²) >= 11 is 1.29. The summed E-state index contributed by atoms with van der Waals surface area (Å²) in [5.41, 5.74) is 16.3. The Morgan fingerprint density at radius 2 is 1.86 bits per heavy atom. The highest BCUT2D eigenvalue weighted by atomic mass is 32.2. The van der Waals surface area contributed by atoms with Crippen molar-refractivity contribution in [2.75, 3.05) is 16.4 Å². The smallest absolute Gasteiger partial charge is 0.252 e. The predicted molar refractivity (Wildman–Crippen MR) is 146 cm³/mol. The maximum absolute atomic E-state index is 12.2. The van der Waals surface area contributed by atoms with E-state index in [0.717, 1.165) is 21.7 Å². The van der Waals surface area contributed by atoms with Crippen LogP contribution in [0.25, 0.3) is 0 Å². The summed E-state index contributed by atoms with van der Waals surface area (Å²) in [6.07, 6.45) is 2.98. The number of nitrogens with zero attached hydrogens (tertiary/aromatic N) is 3. The maximum Gasteiger partial charge on any atom is 0.252 e. The summed E-state index contributed by atoms with van der Waals surface area (Å²) in [5, 5.41) is 14.1. The zero-order chi connectivity index (χ0) is 25.4. The van der Waals surface area contributed by atoms with E-state index in [1.807, 2.05) is 51.1 Å². The number of nitrogens with one attached hydrogen (secondary N) is 3. The van der Waals surface area contributed by atoms with Crippen molar-refractivity contribution in [3.8, 4) is 0 Å². The van der Waals surface area contributed by atoms with Crippen molar-refractivity contribution in [1.82, 2.24) is 9.97 Å². The Balaban J connectivity index is 1.63. The van der Waals surface area contributed by atoms with Crippen LogP contribution in [0.4, 0.5) is 28.8 Å².